The highest BCUT2D eigenvalue weighted by Crippen LogP contribution is 2.13. The second-order valence-electron chi connectivity index (χ2n) is 5.42. The molecule has 0 atom stereocenters. The SMILES string of the molecule is C=C(C=O)CCCCCCCCCCCCCC. The molecule has 0 aliphatic rings. The molecule has 1 heteroatoms. The first-order valence-electron chi connectivity index (χ1n) is 7.94. The summed E-state index contributed by atoms with van der Waals surface area (Å²) in [5.41, 5.74) is 0.752. The minimum absolute atomic E-state index is 0.752. The lowest BCUT2D eigenvalue weighted by Crippen LogP contribution is -1.85. The summed E-state index contributed by atoms with van der Waals surface area (Å²) in [7, 11) is 0. The van der Waals surface area contributed by atoms with E-state index in [1.54, 1.807) is 0 Å². The number of hydrogen-bond donors (Lipinski definition) is 0. The highest BCUT2D eigenvalue weighted by atomic mass is 16.1. The van der Waals surface area contributed by atoms with Gasteiger partial charge in [-0.2, -0.15) is 0 Å². The monoisotopic (exact) mass is 252 g/mol. The largest absolute Gasteiger partial charge is 0.298 e. The third-order valence-electron chi connectivity index (χ3n) is 3.52. The molecular weight excluding hydrogens is 220 g/mol. The minimum Gasteiger partial charge on any atom is -0.298 e. The number of aldehydes is 1. The lowest BCUT2D eigenvalue weighted by molar-refractivity contribution is -0.105. The normalized spacial score (nSPS) is 10.5. The zero-order valence-electron chi connectivity index (χ0n) is 12.4. The molecule has 0 amide bonds. The molecule has 0 aromatic heterocycles. The molecule has 0 heterocycles. The highest BCUT2D eigenvalue weighted by Gasteiger charge is 1.94. The Balaban J connectivity index is 2.98. The first kappa shape index (κ1) is 17.4. The van der Waals surface area contributed by atoms with Crippen molar-refractivity contribution in [1.29, 1.82) is 0 Å². The summed E-state index contributed by atoms with van der Waals surface area (Å²) in [6.45, 7) is 5.96. The van der Waals surface area contributed by atoms with Crippen molar-refractivity contribution >= 4 is 6.29 Å². The summed E-state index contributed by atoms with van der Waals surface area (Å²) < 4.78 is 0. The third-order valence-corrected chi connectivity index (χ3v) is 3.52. The van der Waals surface area contributed by atoms with E-state index < -0.39 is 0 Å². The molecule has 1 nitrogen and oxygen atoms in total. The lowest BCUT2D eigenvalue weighted by Gasteiger charge is -2.02. The van der Waals surface area contributed by atoms with Crippen molar-refractivity contribution in [3.05, 3.63) is 12.2 Å². The summed E-state index contributed by atoms with van der Waals surface area (Å²) >= 11 is 0. The predicted molar refractivity (Wildman–Crippen MR) is 80.9 cm³/mol. The number of hydrogen-bond acceptors (Lipinski definition) is 1. The minimum atomic E-state index is 0.752. The zero-order chi connectivity index (χ0) is 13.5. The van der Waals surface area contributed by atoms with Gasteiger partial charge < -0.3 is 0 Å². The van der Waals surface area contributed by atoms with E-state index in [0.29, 0.717) is 0 Å². The average Bonchev–Trinajstić information content (AvgIpc) is 2.39. The van der Waals surface area contributed by atoms with Crippen molar-refractivity contribution in [2.75, 3.05) is 0 Å². The molecule has 0 radical (unpaired) electrons. The maximum atomic E-state index is 10.3. The zero-order valence-corrected chi connectivity index (χ0v) is 12.4. The van der Waals surface area contributed by atoms with Crippen molar-refractivity contribution in [3.8, 4) is 0 Å². The van der Waals surface area contributed by atoms with E-state index in [2.05, 4.69) is 13.5 Å². The number of allylic oxidation sites excluding steroid dienone is 1. The van der Waals surface area contributed by atoms with E-state index in [0.717, 1.165) is 24.7 Å². The van der Waals surface area contributed by atoms with Gasteiger partial charge in [0.25, 0.3) is 0 Å². The van der Waals surface area contributed by atoms with Crippen LogP contribution in [0.1, 0.15) is 90.4 Å². The maximum Gasteiger partial charge on any atom is 0.145 e. The smallest absolute Gasteiger partial charge is 0.145 e. The molecule has 0 saturated carbocycles. The summed E-state index contributed by atoms with van der Waals surface area (Å²) in [5, 5.41) is 0. The van der Waals surface area contributed by atoms with Crippen LogP contribution in [0.2, 0.25) is 0 Å². The topological polar surface area (TPSA) is 17.1 Å². The summed E-state index contributed by atoms with van der Waals surface area (Å²) in [6.07, 6.45) is 18.1. The Hall–Kier alpha value is -0.590. The van der Waals surface area contributed by atoms with Gasteiger partial charge in [0, 0.05) is 0 Å². The van der Waals surface area contributed by atoms with Crippen LogP contribution in [-0.4, -0.2) is 6.29 Å². The van der Waals surface area contributed by atoms with Gasteiger partial charge in [-0.15, -0.1) is 0 Å². The highest BCUT2D eigenvalue weighted by molar-refractivity contribution is 5.71. The number of rotatable bonds is 14. The van der Waals surface area contributed by atoms with Crippen LogP contribution in [0.15, 0.2) is 12.2 Å². The van der Waals surface area contributed by atoms with Gasteiger partial charge in [-0.1, -0.05) is 84.1 Å². The Morgan fingerprint density at radius 1 is 0.778 bits per heavy atom. The van der Waals surface area contributed by atoms with Crippen LogP contribution in [0.3, 0.4) is 0 Å². The molecule has 18 heavy (non-hydrogen) atoms. The fourth-order valence-corrected chi connectivity index (χ4v) is 2.25. The molecule has 0 saturated heterocycles. The van der Waals surface area contributed by atoms with Crippen LogP contribution >= 0.6 is 0 Å². The fourth-order valence-electron chi connectivity index (χ4n) is 2.25. The van der Waals surface area contributed by atoms with Crippen molar-refractivity contribution in [2.45, 2.75) is 90.4 Å². The van der Waals surface area contributed by atoms with Crippen molar-refractivity contribution in [1.82, 2.24) is 0 Å². The predicted octanol–water partition coefficient (Wildman–Crippen LogP) is 5.83. The number of unbranched alkanes of at least 4 members (excludes halogenated alkanes) is 11. The molecule has 0 aliphatic carbocycles. The van der Waals surface area contributed by atoms with Crippen molar-refractivity contribution < 1.29 is 4.79 Å². The third kappa shape index (κ3) is 13.5. The first-order valence-corrected chi connectivity index (χ1v) is 7.94. The standard InChI is InChI=1S/C17H32O/c1-3-4-5-6-7-8-9-10-11-12-13-14-15-17(2)16-18/h16H,2-15H2,1H3. The lowest BCUT2D eigenvalue weighted by atomic mass is 10.0. The van der Waals surface area contributed by atoms with Crippen LogP contribution in [0, 0.1) is 0 Å². The Labute approximate surface area is 114 Å². The van der Waals surface area contributed by atoms with Gasteiger partial charge >= 0.3 is 0 Å². The molecule has 0 N–H and O–H groups in total. The van der Waals surface area contributed by atoms with Gasteiger partial charge in [0.15, 0.2) is 0 Å². The molecule has 0 aliphatic heterocycles. The summed E-state index contributed by atoms with van der Waals surface area (Å²) in [5.74, 6) is 0. The molecule has 0 aromatic carbocycles. The van der Waals surface area contributed by atoms with Gasteiger partial charge in [0.1, 0.15) is 6.29 Å². The van der Waals surface area contributed by atoms with Crippen LogP contribution < -0.4 is 0 Å². The van der Waals surface area contributed by atoms with Crippen LogP contribution in [0.25, 0.3) is 0 Å². The van der Waals surface area contributed by atoms with E-state index in [1.165, 1.54) is 70.6 Å². The maximum absolute atomic E-state index is 10.3. The van der Waals surface area contributed by atoms with Crippen LogP contribution in [0.5, 0.6) is 0 Å². The Kier molecular flexibility index (Phi) is 14.0. The van der Waals surface area contributed by atoms with Crippen molar-refractivity contribution in [3.63, 3.8) is 0 Å². The average molecular weight is 252 g/mol. The van der Waals surface area contributed by atoms with Crippen LogP contribution in [-0.2, 0) is 4.79 Å². The van der Waals surface area contributed by atoms with E-state index in [4.69, 9.17) is 0 Å². The molecule has 106 valence electrons. The van der Waals surface area contributed by atoms with Gasteiger partial charge in [-0.3, -0.25) is 4.79 Å². The summed E-state index contributed by atoms with van der Waals surface area (Å²) in [4.78, 5) is 10.3. The molecule has 0 rings (SSSR count). The van der Waals surface area contributed by atoms with Gasteiger partial charge in [0.2, 0.25) is 0 Å². The van der Waals surface area contributed by atoms with Gasteiger partial charge in [-0.05, 0) is 18.4 Å². The Morgan fingerprint density at radius 3 is 1.56 bits per heavy atom. The Morgan fingerprint density at radius 2 is 1.17 bits per heavy atom. The van der Waals surface area contributed by atoms with Gasteiger partial charge in [0.05, 0.1) is 0 Å². The fraction of sp³-hybridized carbons (Fsp3) is 0.824. The van der Waals surface area contributed by atoms with E-state index in [9.17, 15) is 4.79 Å². The quantitative estimate of drug-likeness (QED) is 0.216. The second-order valence-corrected chi connectivity index (χ2v) is 5.42. The number of carbonyl (C=O) groups is 1. The van der Waals surface area contributed by atoms with Crippen molar-refractivity contribution in [2.24, 2.45) is 0 Å². The molecule has 0 bridgehead atoms. The first-order chi connectivity index (χ1) is 8.81. The number of carbonyl (C=O) groups excluding carboxylic acids is 1. The molecular formula is C17H32O. The Bertz CT molecular complexity index is 196. The van der Waals surface area contributed by atoms with E-state index >= 15 is 0 Å². The van der Waals surface area contributed by atoms with Gasteiger partial charge in [-0.25, -0.2) is 0 Å². The molecule has 0 aromatic rings. The molecule has 0 spiro atoms. The summed E-state index contributed by atoms with van der Waals surface area (Å²) in [6, 6.07) is 0. The molecule has 0 fully saturated rings. The second kappa shape index (κ2) is 14.5. The molecule has 0 unspecified atom stereocenters. The van der Waals surface area contributed by atoms with E-state index in [-0.39, 0.29) is 0 Å². The van der Waals surface area contributed by atoms with Crippen LogP contribution in [0.4, 0.5) is 0 Å². The van der Waals surface area contributed by atoms with E-state index in [1.807, 2.05) is 0 Å².